The first-order chi connectivity index (χ1) is 10.1. The Morgan fingerprint density at radius 3 is 2.48 bits per heavy atom. The number of hydrogen-bond acceptors (Lipinski definition) is 3. The van der Waals surface area contributed by atoms with E-state index >= 15 is 0 Å². The summed E-state index contributed by atoms with van der Waals surface area (Å²) in [5.74, 6) is -1.16. The number of piperidine rings is 1. The van der Waals surface area contributed by atoms with Gasteiger partial charge in [0.15, 0.2) is 6.04 Å². The van der Waals surface area contributed by atoms with E-state index in [2.05, 4.69) is 10.7 Å². The zero-order valence-electron chi connectivity index (χ0n) is 11.5. The first kappa shape index (κ1) is 15.6. The van der Waals surface area contributed by atoms with Crippen molar-refractivity contribution in [3.63, 3.8) is 0 Å². The second-order valence-electron chi connectivity index (χ2n) is 4.93. The molecule has 7 heteroatoms. The Bertz CT molecular complexity index is 518. The van der Waals surface area contributed by atoms with E-state index in [1.807, 2.05) is 0 Å². The number of hydrogen-bond donors (Lipinski definition) is 3. The number of nitrogens with zero attached hydrogens (tertiary/aromatic N) is 1. The summed E-state index contributed by atoms with van der Waals surface area (Å²) in [5, 5.41) is 13.8. The molecule has 1 heterocycles. The maximum atomic E-state index is 11.9. The van der Waals surface area contributed by atoms with E-state index in [0.29, 0.717) is 10.6 Å². The maximum absolute atomic E-state index is 11.9. The van der Waals surface area contributed by atoms with Gasteiger partial charge in [-0.3, -0.25) is 5.43 Å². The zero-order chi connectivity index (χ0) is 15.2. The van der Waals surface area contributed by atoms with Gasteiger partial charge in [0.25, 0.3) is 0 Å². The van der Waals surface area contributed by atoms with Crippen LogP contribution in [0.25, 0.3) is 0 Å². The predicted molar refractivity (Wildman–Crippen MR) is 78.9 cm³/mol. The summed E-state index contributed by atoms with van der Waals surface area (Å²) in [6.45, 7) is 1.55. The van der Waals surface area contributed by atoms with Gasteiger partial charge in [0.2, 0.25) is 0 Å². The maximum Gasteiger partial charge on any atom is 0.331 e. The first-order valence-electron chi connectivity index (χ1n) is 6.87. The SMILES string of the molecule is O=C(N[C@@H](C(=O)O)c1ccccc1Cl)NN1CCCCC1. The fourth-order valence-electron chi connectivity index (χ4n) is 2.29. The van der Waals surface area contributed by atoms with Crippen molar-refractivity contribution in [3.8, 4) is 0 Å². The van der Waals surface area contributed by atoms with Crippen molar-refractivity contribution in [1.82, 2.24) is 15.8 Å². The van der Waals surface area contributed by atoms with Crippen LogP contribution in [0, 0.1) is 0 Å². The molecule has 1 aromatic rings. The predicted octanol–water partition coefficient (Wildman–Crippen LogP) is 2.17. The fraction of sp³-hybridized carbons (Fsp3) is 0.429. The van der Waals surface area contributed by atoms with E-state index in [0.717, 1.165) is 32.4 Å². The number of carboxylic acids is 1. The topological polar surface area (TPSA) is 81.7 Å². The van der Waals surface area contributed by atoms with Crippen molar-refractivity contribution in [2.24, 2.45) is 0 Å². The molecule has 0 spiro atoms. The van der Waals surface area contributed by atoms with Gasteiger partial charge < -0.3 is 10.4 Å². The summed E-state index contributed by atoms with van der Waals surface area (Å²) in [5.41, 5.74) is 3.03. The number of rotatable bonds is 4. The van der Waals surface area contributed by atoms with Crippen LogP contribution in [0.2, 0.25) is 5.02 Å². The van der Waals surface area contributed by atoms with Gasteiger partial charge in [0.05, 0.1) is 0 Å². The van der Waals surface area contributed by atoms with Crippen LogP contribution in [-0.4, -0.2) is 35.2 Å². The molecule has 21 heavy (non-hydrogen) atoms. The van der Waals surface area contributed by atoms with Gasteiger partial charge >= 0.3 is 12.0 Å². The van der Waals surface area contributed by atoms with Crippen LogP contribution >= 0.6 is 11.6 Å². The van der Waals surface area contributed by atoms with Crippen molar-refractivity contribution in [1.29, 1.82) is 0 Å². The van der Waals surface area contributed by atoms with Gasteiger partial charge in [-0.05, 0) is 18.9 Å². The van der Waals surface area contributed by atoms with E-state index in [-0.39, 0.29) is 0 Å². The molecule has 1 fully saturated rings. The number of carbonyl (C=O) groups excluding carboxylic acids is 1. The molecule has 0 saturated carbocycles. The molecule has 2 rings (SSSR count). The summed E-state index contributed by atoms with van der Waals surface area (Å²) in [4.78, 5) is 23.3. The molecule has 1 aromatic carbocycles. The molecule has 1 atom stereocenters. The highest BCUT2D eigenvalue weighted by Gasteiger charge is 2.25. The lowest BCUT2D eigenvalue weighted by molar-refractivity contribution is -0.139. The van der Waals surface area contributed by atoms with Gasteiger partial charge in [-0.15, -0.1) is 0 Å². The van der Waals surface area contributed by atoms with Gasteiger partial charge in [-0.1, -0.05) is 36.2 Å². The average Bonchev–Trinajstić information content (AvgIpc) is 2.46. The second kappa shape index (κ2) is 7.28. The van der Waals surface area contributed by atoms with Gasteiger partial charge in [0, 0.05) is 23.7 Å². The quantitative estimate of drug-likeness (QED) is 0.796. The molecule has 1 aliphatic heterocycles. The van der Waals surface area contributed by atoms with Gasteiger partial charge in [0.1, 0.15) is 0 Å². The number of hydrazine groups is 1. The minimum absolute atomic E-state index is 0.308. The van der Waals surface area contributed by atoms with Gasteiger partial charge in [-0.2, -0.15) is 0 Å². The molecule has 0 radical (unpaired) electrons. The number of aliphatic carboxylic acids is 1. The summed E-state index contributed by atoms with van der Waals surface area (Å²) < 4.78 is 0. The Labute approximate surface area is 128 Å². The zero-order valence-corrected chi connectivity index (χ0v) is 12.3. The normalized spacial score (nSPS) is 17.0. The number of carboxylic acid groups (broad SMARTS) is 1. The van der Waals surface area contributed by atoms with Crippen LogP contribution in [0.1, 0.15) is 30.9 Å². The number of halogens is 1. The number of carbonyl (C=O) groups is 2. The largest absolute Gasteiger partial charge is 0.479 e. The summed E-state index contributed by atoms with van der Waals surface area (Å²) >= 11 is 5.99. The van der Waals surface area contributed by atoms with Crippen LogP contribution in [-0.2, 0) is 4.79 Å². The molecular formula is C14H18ClN3O3. The van der Waals surface area contributed by atoms with Crippen LogP contribution in [0.15, 0.2) is 24.3 Å². The van der Waals surface area contributed by atoms with E-state index < -0.39 is 18.0 Å². The number of amides is 2. The lowest BCUT2D eigenvalue weighted by Crippen LogP contribution is -2.50. The Hall–Kier alpha value is -1.79. The van der Waals surface area contributed by atoms with Crippen LogP contribution in [0.4, 0.5) is 4.79 Å². The highest BCUT2D eigenvalue weighted by molar-refractivity contribution is 6.31. The van der Waals surface area contributed by atoms with E-state index in [4.69, 9.17) is 11.6 Å². The van der Waals surface area contributed by atoms with E-state index in [9.17, 15) is 14.7 Å². The minimum Gasteiger partial charge on any atom is -0.479 e. The third-order valence-electron chi connectivity index (χ3n) is 3.35. The molecule has 1 saturated heterocycles. The van der Waals surface area contributed by atoms with Crippen LogP contribution in [0.3, 0.4) is 0 Å². The summed E-state index contributed by atoms with van der Waals surface area (Å²) in [7, 11) is 0. The molecule has 0 unspecified atom stereocenters. The van der Waals surface area contributed by atoms with Crippen molar-refractivity contribution in [3.05, 3.63) is 34.9 Å². The van der Waals surface area contributed by atoms with Crippen molar-refractivity contribution < 1.29 is 14.7 Å². The Morgan fingerprint density at radius 2 is 1.86 bits per heavy atom. The Morgan fingerprint density at radius 1 is 1.19 bits per heavy atom. The number of urea groups is 1. The number of benzene rings is 1. The molecule has 0 bridgehead atoms. The Balaban J connectivity index is 2.01. The Kier molecular flexibility index (Phi) is 5.41. The highest BCUT2D eigenvalue weighted by atomic mass is 35.5. The molecule has 114 valence electrons. The fourth-order valence-corrected chi connectivity index (χ4v) is 2.54. The first-order valence-corrected chi connectivity index (χ1v) is 7.25. The van der Waals surface area contributed by atoms with Crippen LogP contribution in [0.5, 0.6) is 0 Å². The lowest BCUT2D eigenvalue weighted by Gasteiger charge is -2.27. The molecule has 3 N–H and O–H groups in total. The lowest BCUT2D eigenvalue weighted by atomic mass is 10.1. The standard InChI is InChI=1S/C14H18ClN3O3/c15-11-7-3-2-6-10(11)12(13(19)20)16-14(21)17-18-8-4-1-5-9-18/h2-3,6-7,12H,1,4-5,8-9H2,(H,19,20)(H2,16,17,21)/t12-/m1/s1. The van der Waals surface area contributed by atoms with E-state index in [1.54, 1.807) is 29.3 Å². The van der Waals surface area contributed by atoms with Gasteiger partial charge in [-0.25, -0.2) is 14.6 Å². The van der Waals surface area contributed by atoms with Crippen molar-refractivity contribution >= 4 is 23.6 Å². The van der Waals surface area contributed by atoms with Crippen molar-refractivity contribution in [2.45, 2.75) is 25.3 Å². The molecular weight excluding hydrogens is 294 g/mol. The van der Waals surface area contributed by atoms with Crippen LogP contribution < -0.4 is 10.7 Å². The molecule has 0 aliphatic carbocycles. The average molecular weight is 312 g/mol. The summed E-state index contributed by atoms with van der Waals surface area (Å²) in [6.07, 6.45) is 3.19. The van der Waals surface area contributed by atoms with E-state index in [1.165, 1.54) is 0 Å². The monoisotopic (exact) mass is 311 g/mol. The third-order valence-corrected chi connectivity index (χ3v) is 3.70. The number of nitrogens with one attached hydrogen (secondary N) is 2. The molecule has 1 aliphatic rings. The minimum atomic E-state index is -1.18. The second-order valence-corrected chi connectivity index (χ2v) is 5.33. The molecule has 0 aromatic heterocycles. The highest BCUT2D eigenvalue weighted by Crippen LogP contribution is 2.22. The molecule has 6 nitrogen and oxygen atoms in total. The molecule has 2 amide bonds. The summed E-state index contributed by atoms with van der Waals surface area (Å²) in [6, 6.07) is 4.85. The van der Waals surface area contributed by atoms with Crippen molar-refractivity contribution in [2.75, 3.05) is 13.1 Å². The smallest absolute Gasteiger partial charge is 0.331 e. The third kappa shape index (κ3) is 4.34.